The van der Waals surface area contributed by atoms with Gasteiger partial charge in [0.15, 0.2) is 11.5 Å². The number of rotatable bonds is 3. The van der Waals surface area contributed by atoms with Gasteiger partial charge in [-0.1, -0.05) is 25.4 Å². The summed E-state index contributed by atoms with van der Waals surface area (Å²) in [5.74, 6) is 2.77. The van der Waals surface area contributed by atoms with Crippen LogP contribution in [-0.4, -0.2) is 26.3 Å². The van der Waals surface area contributed by atoms with Gasteiger partial charge >= 0.3 is 0 Å². The highest BCUT2D eigenvalue weighted by Crippen LogP contribution is 2.44. The second-order valence-corrected chi connectivity index (χ2v) is 6.75. The summed E-state index contributed by atoms with van der Waals surface area (Å²) in [6, 6.07) is 1.94. The van der Waals surface area contributed by atoms with E-state index in [1.165, 1.54) is 24.0 Å². The second-order valence-electron chi connectivity index (χ2n) is 6.35. The second kappa shape index (κ2) is 6.45. The van der Waals surface area contributed by atoms with Gasteiger partial charge in [0.05, 0.1) is 0 Å². The Kier molecular flexibility index (Phi) is 4.60. The molecule has 1 aromatic carbocycles. The number of fused-ring (bicyclic) bond motifs is 1. The quantitative estimate of drug-likeness (QED) is 0.922. The number of hydrogen-bond acceptors (Lipinski definition) is 3. The molecule has 1 aromatic rings. The standard InChI is InChI=1S/C17H24ClNO2/c1-11(2)16-13(8-12-4-3-5-19-10-12)14(18)9-15-17(16)21-7-6-20-15/h9,11-12,19H,3-8,10H2,1-2H3. The Morgan fingerprint density at radius 3 is 2.86 bits per heavy atom. The molecule has 0 spiro atoms. The summed E-state index contributed by atoms with van der Waals surface area (Å²) in [5, 5.41) is 4.31. The van der Waals surface area contributed by atoms with Gasteiger partial charge in [0.25, 0.3) is 0 Å². The Hall–Kier alpha value is -0.930. The summed E-state index contributed by atoms with van der Waals surface area (Å²) < 4.78 is 11.6. The Balaban J connectivity index is 1.97. The van der Waals surface area contributed by atoms with E-state index in [0.717, 1.165) is 36.0 Å². The largest absolute Gasteiger partial charge is 0.486 e. The van der Waals surface area contributed by atoms with Crippen LogP contribution in [0.2, 0.25) is 5.02 Å². The van der Waals surface area contributed by atoms with Crippen LogP contribution in [0.3, 0.4) is 0 Å². The van der Waals surface area contributed by atoms with Crippen LogP contribution in [0.15, 0.2) is 6.07 Å². The van der Waals surface area contributed by atoms with Crippen LogP contribution in [0.5, 0.6) is 11.5 Å². The van der Waals surface area contributed by atoms with Crippen molar-refractivity contribution in [2.45, 2.75) is 39.0 Å². The van der Waals surface area contributed by atoms with Gasteiger partial charge in [0.2, 0.25) is 0 Å². The highest BCUT2D eigenvalue weighted by atomic mass is 35.5. The predicted molar refractivity (Wildman–Crippen MR) is 85.8 cm³/mol. The van der Waals surface area contributed by atoms with Crippen molar-refractivity contribution in [1.82, 2.24) is 5.32 Å². The van der Waals surface area contributed by atoms with Crippen LogP contribution < -0.4 is 14.8 Å². The molecule has 0 aliphatic carbocycles. The zero-order chi connectivity index (χ0) is 14.8. The molecule has 1 unspecified atom stereocenters. The minimum Gasteiger partial charge on any atom is -0.486 e. The van der Waals surface area contributed by atoms with Crippen LogP contribution >= 0.6 is 11.6 Å². The van der Waals surface area contributed by atoms with E-state index < -0.39 is 0 Å². The topological polar surface area (TPSA) is 30.5 Å². The van der Waals surface area contributed by atoms with Crippen LogP contribution in [0, 0.1) is 5.92 Å². The van der Waals surface area contributed by atoms with Crippen molar-refractivity contribution in [3.8, 4) is 11.5 Å². The molecule has 0 saturated carbocycles. The first-order valence-electron chi connectivity index (χ1n) is 7.98. The van der Waals surface area contributed by atoms with Gasteiger partial charge in [-0.2, -0.15) is 0 Å². The molecule has 3 nitrogen and oxygen atoms in total. The molecule has 116 valence electrons. The zero-order valence-electron chi connectivity index (χ0n) is 12.9. The molecule has 2 aliphatic rings. The lowest BCUT2D eigenvalue weighted by atomic mass is 9.86. The fourth-order valence-electron chi connectivity index (χ4n) is 3.42. The number of piperidine rings is 1. The smallest absolute Gasteiger partial charge is 0.165 e. The molecule has 1 fully saturated rings. The van der Waals surface area contributed by atoms with Crippen molar-refractivity contribution < 1.29 is 9.47 Å². The Morgan fingerprint density at radius 1 is 1.33 bits per heavy atom. The summed E-state index contributed by atoms with van der Waals surface area (Å²) in [7, 11) is 0. The number of nitrogens with one attached hydrogen (secondary N) is 1. The molecule has 21 heavy (non-hydrogen) atoms. The molecule has 1 N–H and O–H groups in total. The lowest BCUT2D eigenvalue weighted by Gasteiger charge is -2.29. The molecule has 2 heterocycles. The first kappa shape index (κ1) is 15.0. The van der Waals surface area contributed by atoms with Crippen molar-refractivity contribution in [3.63, 3.8) is 0 Å². The molecule has 0 amide bonds. The van der Waals surface area contributed by atoms with Gasteiger partial charge in [0.1, 0.15) is 13.2 Å². The zero-order valence-corrected chi connectivity index (χ0v) is 13.6. The van der Waals surface area contributed by atoms with E-state index in [9.17, 15) is 0 Å². The van der Waals surface area contributed by atoms with Crippen molar-refractivity contribution in [2.24, 2.45) is 5.92 Å². The third-order valence-corrected chi connectivity index (χ3v) is 4.73. The Labute approximate surface area is 132 Å². The minimum atomic E-state index is 0.380. The van der Waals surface area contributed by atoms with E-state index >= 15 is 0 Å². The molecule has 1 atom stereocenters. The van der Waals surface area contributed by atoms with Crippen LogP contribution in [-0.2, 0) is 6.42 Å². The van der Waals surface area contributed by atoms with Crippen molar-refractivity contribution in [3.05, 3.63) is 22.2 Å². The third kappa shape index (κ3) is 3.14. The maximum Gasteiger partial charge on any atom is 0.165 e. The van der Waals surface area contributed by atoms with Crippen LogP contribution in [0.1, 0.15) is 43.7 Å². The molecule has 0 aromatic heterocycles. The van der Waals surface area contributed by atoms with E-state index in [-0.39, 0.29) is 0 Å². The normalized spacial score (nSPS) is 21.6. The van der Waals surface area contributed by atoms with Gasteiger partial charge in [0, 0.05) is 16.7 Å². The molecular formula is C17H24ClNO2. The monoisotopic (exact) mass is 309 g/mol. The first-order valence-corrected chi connectivity index (χ1v) is 8.36. The summed E-state index contributed by atoms with van der Waals surface area (Å²) in [4.78, 5) is 0. The van der Waals surface area contributed by atoms with Crippen molar-refractivity contribution in [1.29, 1.82) is 0 Å². The summed E-state index contributed by atoms with van der Waals surface area (Å²) >= 11 is 6.57. The Bertz CT molecular complexity index is 510. The molecule has 0 radical (unpaired) electrons. The molecule has 0 bridgehead atoms. The number of halogens is 1. The van der Waals surface area contributed by atoms with Gasteiger partial charge in [-0.25, -0.2) is 0 Å². The van der Waals surface area contributed by atoms with E-state index in [1.54, 1.807) is 0 Å². The number of benzene rings is 1. The van der Waals surface area contributed by atoms with E-state index in [2.05, 4.69) is 19.2 Å². The summed E-state index contributed by atoms with van der Waals surface area (Å²) in [6.07, 6.45) is 3.55. The number of hydrogen-bond donors (Lipinski definition) is 1. The van der Waals surface area contributed by atoms with Gasteiger partial charge in [-0.05, 0) is 49.8 Å². The maximum absolute atomic E-state index is 6.57. The van der Waals surface area contributed by atoms with Crippen LogP contribution in [0.4, 0.5) is 0 Å². The van der Waals surface area contributed by atoms with Gasteiger partial charge in [-0.3, -0.25) is 0 Å². The molecular weight excluding hydrogens is 286 g/mol. The SMILES string of the molecule is CC(C)c1c(CC2CCCNC2)c(Cl)cc2c1OCCO2. The Morgan fingerprint density at radius 2 is 2.14 bits per heavy atom. The average Bonchev–Trinajstić information content (AvgIpc) is 2.48. The van der Waals surface area contributed by atoms with Gasteiger partial charge < -0.3 is 14.8 Å². The van der Waals surface area contributed by atoms with Crippen LogP contribution in [0.25, 0.3) is 0 Å². The predicted octanol–water partition coefficient (Wildman–Crippen LogP) is 3.78. The summed E-state index contributed by atoms with van der Waals surface area (Å²) in [5.41, 5.74) is 2.49. The maximum atomic E-state index is 6.57. The highest BCUT2D eigenvalue weighted by molar-refractivity contribution is 6.31. The lowest BCUT2D eigenvalue weighted by Crippen LogP contribution is -2.31. The highest BCUT2D eigenvalue weighted by Gasteiger charge is 2.26. The molecule has 3 rings (SSSR count). The number of ether oxygens (including phenoxy) is 2. The lowest BCUT2D eigenvalue weighted by molar-refractivity contribution is 0.169. The summed E-state index contributed by atoms with van der Waals surface area (Å²) in [6.45, 7) is 7.86. The van der Waals surface area contributed by atoms with Crippen molar-refractivity contribution in [2.75, 3.05) is 26.3 Å². The third-order valence-electron chi connectivity index (χ3n) is 4.40. The fraction of sp³-hybridized carbons (Fsp3) is 0.647. The van der Waals surface area contributed by atoms with E-state index in [4.69, 9.17) is 21.1 Å². The molecule has 4 heteroatoms. The average molecular weight is 310 g/mol. The van der Waals surface area contributed by atoms with E-state index in [1.807, 2.05) is 6.07 Å². The van der Waals surface area contributed by atoms with Crippen molar-refractivity contribution >= 4 is 11.6 Å². The van der Waals surface area contributed by atoms with Gasteiger partial charge in [-0.15, -0.1) is 0 Å². The first-order chi connectivity index (χ1) is 10.2. The molecule has 2 aliphatic heterocycles. The van der Waals surface area contributed by atoms with E-state index in [0.29, 0.717) is 25.0 Å². The minimum absolute atomic E-state index is 0.380. The fourth-order valence-corrected chi connectivity index (χ4v) is 3.70. The molecule has 1 saturated heterocycles.